The monoisotopic (exact) mass is 451 g/mol. The zero-order valence-electron chi connectivity index (χ0n) is 19.1. The normalized spacial score (nSPS) is 17.5. The van der Waals surface area contributed by atoms with E-state index in [2.05, 4.69) is 45.2 Å². The summed E-state index contributed by atoms with van der Waals surface area (Å²) in [5, 5.41) is 19.9. The van der Waals surface area contributed by atoms with E-state index in [-0.39, 0.29) is 24.4 Å². The van der Waals surface area contributed by atoms with Gasteiger partial charge in [0.1, 0.15) is 0 Å². The Hall–Kier alpha value is -2.97. The van der Waals surface area contributed by atoms with Crippen molar-refractivity contribution in [1.29, 1.82) is 0 Å². The summed E-state index contributed by atoms with van der Waals surface area (Å²) in [4.78, 5) is 30.1. The quantitative estimate of drug-likeness (QED) is 0.483. The van der Waals surface area contributed by atoms with Crippen molar-refractivity contribution in [2.24, 2.45) is 0 Å². The Morgan fingerprint density at radius 3 is 2.45 bits per heavy atom. The predicted octanol–water partition coefficient (Wildman–Crippen LogP) is 1.35. The molecule has 1 aromatic carbocycles. The molecule has 8 heteroatoms. The molecule has 0 bridgehead atoms. The van der Waals surface area contributed by atoms with Crippen LogP contribution in [-0.4, -0.2) is 71.2 Å². The first kappa shape index (κ1) is 23.2. The molecule has 33 heavy (non-hydrogen) atoms. The number of carbonyl (C=O) groups is 2. The highest BCUT2D eigenvalue weighted by Gasteiger charge is 2.22. The van der Waals surface area contributed by atoms with Crippen molar-refractivity contribution in [2.75, 3.05) is 31.5 Å². The van der Waals surface area contributed by atoms with E-state index in [1.807, 2.05) is 4.90 Å². The van der Waals surface area contributed by atoms with Gasteiger partial charge in [0.15, 0.2) is 0 Å². The average molecular weight is 452 g/mol. The summed E-state index contributed by atoms with van der Waals surface area (Å²) in [6, 6.07) is 10.8. The number of piperidine rings is 1. The highest BCUT2D eigenvalue weighted by atomic mass is 16.3. The van der Waals surface area contributed by atoms with Crippen LogP contribution < -0.4 is 16.0 Å². The predicted molar refractivity (Wildman–Crippen MR) is 127 cm³/mol. The van der Waals surface area contributed by atoms with E-state index in [1.54, 1.807) is 19.2 Å². The number of aliphatic hydroxyl groups excluding tert-OH is 1. The van der Waals surface area contributed by atoms with Crippen LogP contribution >= 0.6 is 0 Å². The maximum absolute atomic E-state index is 12.6. The Morgan fingerprint density at radius 2 is 1.79 bits per heavy atom. The van der Waals surface area contributed by atoms with Gasteiger partial charge in [-0.2, -0.15) is 0 Å². The maximum Gasteiger partial charge on any atom is 0.253 e. The number of pyridine rings is 1. The number of nitrogens with zero attached hydrogens (tertiary/aromatic N) is 2. The number of anilines is 1. The van der Waals surface area contributed by atoms with E-state index in [0.29, 0.717) is 18.2 Å². The zero-order valence-corrected chi connectivity index (χ0v) is 19.1. The van der Waals surface area contributed by atoms with Crippen LogP contribution in [-0.2, 0) is 17.6 Å². The van der Waals surface area contributed by atoms with E-state index in [9.17, 15) is 14.7 Å². The fraction of sp³-hybridized carbons (Fsp3) is 0.480. The largest absolute Gasteiger partial charge is 0.390 e. The lowest BCUT2D eigenvalue weighted by atomic mass is 10.0. The number of nitrogens with one attached hydrogen (secondary N) is 3. The van der Waals surface area contributed by atoms with Crippen LogP contribution in [0.2, 0.25) is 0 Å². The van der Waals surface area contributed by atoms with Gasteiger partial charge >= 0.3 is 0 Å². The van der Waals surface area contributed by atoms with E-state index >= 15 is 0 Å². The van der Waals surface area contributed by atoms with Crippen molar-refractivity contribution in [2.45, 2.75) is 50.8 Å². The molecule has 1 aromatic heterocycles. The van der Waals surface area contributed by atoms with Crippen LogP contribution in [0.15, 0.2) is 42.7 Å². The van der Waals surface area contributed by atoms with Gasteiger partial charge in [-0.25, -0.2) is 0 Å². The second kappa shape index (κ2) is 10.8. The topological polar surface area (TPSA) is 107 Å². The van der Waals surface area contributed by atoms with Gasteiger partial charge in [-0.15, -0.1) is 0 Å². The van der Waals surface area contributed by atoms with E-state index in [0.717, 1.165) is 44.5 Å². The van der Waals surface area contributed by atoms with Crippen LogP contribution in [0.25, 0.3) is 0 Å². The highest BCUT2D eigenvalue weighted by molar-refractivity contribution is 5.94. The highest BCUT2D eigenvalue weighted by Crippen LogP contribution is 2.21. The Labute approximate surface area is 194 Å². The van der Waals surface area contributed by atoms with Crippen LogP contribution in [0.3, 0.4) is 0 Å². The molecule has 8 nitrogen and oxygen atoms in total. The number of aliphatic hydroxyl groups is 1. The average Bonchev–Trinajstić information content (AvgIpc) is 3.25. The number of hydrogen-bond acceptors (Lipinski definition) is 6. The molecular weight excluding hydrogens is 418 g/mol. The number of rotatable bonds is 8. The Bertz CT molecular complexity index is 949. The molecule has 1 unspecified atom stereocenters. The van der Waals surface area contributed by atoms with Crippen LogP contribution in [0.5, 0.6) is 0 Å². The Kier molecular flexibility index (Phi) is 7.57. The zero-order chi connectivity index (χ0) is 23.2. The molecule has 2 aromatic rings. The maximum atomic E-state index is 12.6. The molecule has 0 radical (unpaired) electrons. The number of amides is 2. The Balaban J connectivity index is 1.19. The smallest absolute Gasteiger partial charge is 0.253 e. The third kappa shape index (κ3) is 6.30. The molecule has 2 amide bonds. The second-order valence-corrected chi connectivity index (χ2v) is 9.03. The minimum Gasteiger partial charge on any atom is -0.390 e. The molecule has 1 atom stereocenters. The second-order valence-electron chi connectivity index (χ2n) is 9.03. The molecule has 0 spiro atoms. The van der Waals surface area contributed by atoms with Crippen molar-refractivity contribution < 1.29 is 14.7 Å². The molecule has 1 aliphatic heterocycles. The van der Waals surface area contributed by atoms with Crippen molar-refractivity contribution in [3.63, 3.8) is 0 Å². The third-order valence-corrected chi connectivity index (χ3v) is 6.50. The van der Waals surface area contributed by atoms with Gasteiger partial charge in [0.05, 0.1) is 17.4 Å². The first-order chi connectivity index (χ1) is 16.0. The van der Waals surface area contributed by atoms with Gasteiger partial charge in [-0.3, -0.25) is 14.6 Å². The van der Waals surface area contributed by atoms with Crippen LogP contribution in [0, 0.1) is 0 Å². The van der Waals surface area contributed by atoms with E-state index in [4.69, 9.17) is 0 Å². The summed E-state index contributed by atoms with van der Waals surface area (Å²) in [7, 11) is 0. The Morgan fingerprint density at radius 1 is 1.09 bits per heavy atom. The number of benzene rings is 1. The number of carbonyl (C=O) groups excluding carboxylic acids is 2. The molecule has 2 heterocycles. The van der Waals surface area contributed by atoms with E-state index < -0.39 is 6.10 Å². The van der Waals surface area contributed by atoms with Gasteiger partial charge in [0.25, 0.3) is 5.91 Å². The number of likely N-dealkylation sites (tertiary alicyclic amines) is 1. The minimum atomic E-state index is -0.668. The molecule has 2 aliphatic rings. The van der Waals surface area contributed by atoms with Crippen molar-refractivity contribution >= 4 is 17.5 Å². The standard InChI is InChI=1S/C25H33N5O3/c1-17(31)30-8-6-21(7-9-30)29-23-12-20(13-26-14-23)25(33)28-16-24(32)15-27-22-10-18-4-2-3-5-19(18)11-22/h2-5,12-14,21-22,24,27,29,32H,6-11,15-16H2,1H3,(H,28,33). The van der Waals surface area contributed by atoms with Crippen LogP contribution in [0.1, 0.15) is 41.3 Å². The summed E-state index contributed by atoms with van der Waals surface area (Å²) < 4.78 is 0. The molecule has 1 fully saturated rings. The molecule has 4 rings (SSSR count). The third-order valence-electron chi connectivity index (χ3n) is 6.50. The fourth-order valence-corrected chi connectivity index (χ4v) is 4.61. The molecule has 0 saturated carbocycles. The molecule has 1 aliphatic carbocycles. The number of fused-ring (bicyclic) bond motifs is 1. The minimum absolute atomic E-state index is 0.111. The van der Waals surface area contributed by atoms with Gasteiger partial charge in [-0.1, -0.05) is 24.3 Å². The lowest BCUT2D eigenvalue weighted by Crippen LogP contribution is -2.42. The van der Waals surface area contributed by atoms with Crippen molar-refractivity contribution in [1.82, 2.24) is 20.5 Å². The van der Waals surface area contributed by atoms with Gasteiger partial charge in [-0.05, 0) is 42.9 Å². The molecular formula is C25H33N5O3. The summed E-state index contributed by atoms with van der Waals surface area (Å²) in [5.41, 5.74) is 3.96. The molecule has 4 N–H and O–H groups in total. The fourth-order valence-electron chi connectivity index (χ4n) is 4.61. The van der Waals surface area contributed by atoms with Crippen molar-refractivity contribution in [3.05, 3.63) is 59.4 Å². The first-order valence-electron chi connectivity index (χ1n) is 11.7. The first-order valence-corrected chi connectivity index (χ1v) is 11.7. The molecule has 1 saturated heterocycles. The summed E-state index contributed by atoms with van der Waals surface area (Å²) >= 11 is 0. The van der Waals surface area contributed by atoms with Crippen molar-refractivity contribution in [3.8, 4) is 0 Å². The van der Waals surface area contributed by atoms with Gasteiger partial charge < -0.3 is 26.0 Å². The van der Waals surface area contributed by atoms with Crippen LogP contribution in [0.4, 0.5) is 5.69 Å². The molecule has 176 valence electrons. The lowest BCUT2D eigenvalue weighted by Gasteiger charge is -2.32. The van der Waals surface area contributed by atoms with Gasteiger partial charge in [0, 0.05) is 57.6 Å². The lowest BCUT2D eigenvalue weighted by molar-refractivity contribution is -0.129. The van der Waals surface area contributed by atoms with Gasteiger partial charge in [0.2, 0.25) is 5.91 Å². The number of hydrogen-bond donors (Lipinski definition) is 4. The summed E-state index contributed by atoms with van der Waals surface area (Å²) in [5.74, 6) is -0.149. The van der Waals surface area contributed by atoms with E-state index in [1.165, 1.54) is 17.3 Å². The summed E-state index contributed by atoms with van der Waals surface area (Å²) in [6.45, 7) is 3.67. The summed E-state index contributed by atoms with van der Waals surface area (Å²) in [6.07, 6.45) is 6.22. The number of aromatic nitrogens is 1. The SMILES string of the molecule is CC(=O)N1CCC(Nc2cncc(C(=O)NCC(O)CNC3Cc4ccccc4C3)c2)CC1.